The van der Waals surface area contributed by atoms with Crippen LogP contribution in [0.4, 0.5) is 0 Å². The quantitative estimate of drug-likeness (QED) is 0.0276. The largest absolute Gasteiger partial charge is 0.480 e. The van der Waals surface area contributed by atoms with E-state index in [1.54, 1.807) is 0 Å². The predicted octanol–water partition coefficient (Wildman–Crippen LogP) is 9.17. The lowest BCUT2D eigenvalue weighted by molar-refractivity contribution is -0.147. The van der Waals surface area contributed by atoms with Crippen molar-refractivity contribution in [3.8, 4) is 0 Å². The maximum Gasteiger partial charge on any atom is 0.472 e. The van der Waals surface area contributed by atoms with Gasteiger partial charge in [0, 0.05) is 12.8 Å². The lowest BCUT2D eigenvalue weighted by Crippen LogP contribution is -2.43. The van der Waals surface area contributed by atoms with E-state index >= 15 is 0 Å². The maximum atomic E-state index is 12.2. The molecule has 0 fully saturated rings. The van der Waals surface area contributed by atoms with E-state index in [1.807, 2.05) is 0 Å². The number of rotatable bonds is 37. The van der Waals surface area contributed by atoms with Gasteiger partial charge in [-0.1, -0.05) is 162 Å². The van der Waals surface area contributed by atoms with Gasteiger partial charge in [-0.25, -0.2) is 9.36 Å². The monoisotopic (exact) mass is 721 g/mol. The molecule has 290 valence electrons. The average Bonchev–Trinajstić information content (AvgIpc) is 3.07. The number of nitrogens with one attached hydrogen (secondary N) is 1. The summed E-state index contributed by atoms with van der Waals surface area (Å²) in [6.45, 7) is 2.58. The fourth-order valence-electron chi connectivity index (χ4n) is 5.55. The number of hydrogen-bond donors (Lipinski definition) is 4. The number of phosphoric acid groups is 1. The number of amides is 1. The first kappa shape index (κ1) is 47.5. The summed E-state index contributed by atoms with van der Waals surface area (Å²) in [5.41, 5.74) is 0. The second-order valence-electron chi connectivity index (χ2n) is 13.5. The van der Waals surface area contributed by atoms with Crippen molar-refractivity contribution in [3.63, 3.8) is 0 Å². The second kappa shape index (κ2) is 33.6. The third-order valence-corrected chi connectivity index (χ3v) is 9.60. The zero-order chi connectivity index (χ0) is 36.4. The van der Waals surface area contributed by atoms with E-state index in [4.69, 9.17) is 13.8 Å². The highest BCUT2D eigenvalue weighted by Gasteiger charge is 2.28. The van der Waals surface area contributed by atoms with E-state index in [9.17, 15) is 34.1 Å². The molecule has 0 bridgehead atoms. The Morgan fingerprint density at radius 3 is 1.35 bits per heavy atom. The molecule has 0 spiro atoms. The number of carboxylic acids is 1. The number of phosphoric ester groups is 1. The third-order valence-electron chi connectivity index (χ3n) is 8.65. The highest BCUT2D eigenvalue weighted by Crippen LogP contribution is 2.43. The van der Waals surface area contributed by atoms with Gasteiger partial charge in [0.1, 0.15) is 12.7 Å². The molecule has 11 nitrogen and oxygen atoms in total. The number of unbranched alkanes of at least 4 members (excludes halogenated alkanes) is 23. The van der Waals surface area contributed by atoms with E-state index in [0.717, 1.165) is 38.5 Å². The summed E-state index contributed by atoms with van der Waals surface area (Å²) < 4.78 is 26.7. The molecule has 0 aliphatic heterocycles. The molecular weight excluding hydrogens is 649 g/mol. The van der Waals surface area contributed by atoms with Gasteiger partial charge in [0.25, 0.3) is 0 Å². The molecule has 0 aliphatic carbocycles. The fraction of sp³-hybridized carbons (Fsp3) is 0.919. The van der Waals surface area contributed by atoms with Crippen LogP contribution in [-0.2, 0) is 32.7 Å². The van der Waals surface area contributed by atoms with Gasteiger partial charge in [0.05, 0.1) is 13.2 Å². The van der Waals surface area contributed by atoms with Gasteiger partial charge in [-0.2, -0.15) is 0 Å². The highest BCUT2D eigenvalue weighted by atomic mass is 31.2. The number of aliphatic carboxylic acids is 1. The molecule has 3 unspecified atom stereocenters. The van der Waals surface area contributed by atoms with Crippen molar-refractivity contribution in [2.45, 2.75) is 199 Å². The minimum Gasteiger partial charge on any atom is -0.480 e. The number of esters is 1. The molecule has 0 aromatic heterocycles. The van der Waals surface area contributed by atoms with Crippen LogP contribution in [0.15, 0.2) is 0 Å². The standard InChI is InChI=1S/C37H72NO10P/c1-3-5-7-9-11-13-15-17-18-20-22-24-26-28-35(40)38-34(37(42)43)32-48-49(44,45)47-31-33(39)30-46-36(41)29-27-25-23-21-19-16-14-12-10-8-6-4-2/h33-34,39H,3-32H2,1-2H3,(H,38,40)(H,42,43)(H,44,45). The van der Waals surface area contributed by atoms with Crippen LogP contribution in [0.25, 0.3) is 0 Å². The molecule has 0 rings (SSSR count). The van der Waals surface area contributed by atoms with Crippen LogP contribution >= 0.6 is 7.82 Å². The van der Waals surface area contributed by atoms with Crippen molar-refractivity contribution in [2.75, 3.05) is 19.8 Å². The number of carbonyl (C=O) groups is 3. The molecule has 0 saturated carbocycles. The Balaban J connectivity index is 3.94. The van der Waals surface area contributed by atoms with Crippen LogP contribution in [0.5, 0.6) is 0 Å². The topological polar surface area (TPSA) is 169 Å². The summed E-state index contributed by atoms with van der Waals surface area (Å²) in [7, 11) is -4.74. The molecule has 49 heavy (non-hydrogen) atoms. The number of aliphatic hydroxyl groups excluding tert-OH is 1. The van der Waals surface area contributed by atoms with Crippen LogP contribution in [0.2, 0.25) is 0 Å². The molecule has 3 atom stereocenters. The first-order chi connectivity index (χ1) is 23.6. The summed E-state index contributed by atoms with van der Waals surface area (Å²) in [5.74, 6) is -2.36. The van der Waals surface area contributed by atoms with Crippen LogP contribution in [0, 0.1) is 0 Å². The minimum atomic E-state index is -4.74. The van der Waals surface area contributed by atoms with Crippen molar-refractivity contribution >= 4 is 25.7 Å². The van der Waals surface area contributed by atoms with Gasteiger partial charge in [0.15, 0.2) is 6.04 Å². The van der Waals surface area contributed by atoms with E-state index in [2.05, 4.69) is 19.2 Å². The zero-order valence-electron chi connectivity index (χ0n) is 31.0. The number of hydrogen-bond acceptors (Lipinski definition) is 8. The summed E-state index contributed by atoms with van der Waals surface area (Å²) >= 11 is 0. The normalized spacial score (nSPS) is 13.9. The Hall–Kier alpha value is -1.52. The smallest absolute Gasteiger partial charge is 0.472 e. The summed E-state index contributed by atoms with van der Waals surface area (Å²) in [5, 5.41) is 21.7. The molecule has 4 N–H and O–H groups in total. The van der Waals surface area contributed by atoms with Crippen LogP contribution < -0.4 is 5.32 Å². The first-order valence-corrected chi connectivity index (χ1v) is 21.1. The lowest BCUT2D eigenvalue weighted by Gasteiger charge is -2.18. The molecule has 0 aromatic rings. The second-order valence-corrected chi connectivity index (χ2v) is 14.9. The van der Waals surface area contributed by atoms with Crippen molar-refractivity contribution < 1.29 is 47.8 Å². The Bertz CT molecular complexity index is 859. The number of aliphatic hydroxyl groups is 1. The first-order valence-electron chi connectivity index (χ1n) is 19.6. The molecule has 1 amide bonds. The van der Waals surface area contributed by atoms with Crippen LogP contribution in [-0.4, -0.2) is 64.9 Å². The summed E-state index contributed by atoms with van der Waals surface area (Å²) in [6.07, 6.45) is 28.4. The third kappa shape index (κ3) is 33.4. The number of carbonyl (C=O) groups excluding carboxylic acids is 2. The fourth-order valence-corrected chi connectivity index (χ4v) is 6.32. The Morgan fingerprint density at radius 2 is 0.939 bits per heavy atom. The predicted molar refractivity (Wildman–Crippen MR) is 194 cm³/mol. The SMILES string of the molecule is CCCCCCCCCCCCCCCC(=O)NC(COP(=O)(O)OCC(O)COC(=O)CCCCCCCCCCCCCC)C(=O)O. The van der Waals surface area contributed by atoms with Gasteiger partial charge in [-0.05, 0) is 12.8 Å². The Labute approximate surface area is 297 Å². The van der Waals surface area contributed by atoms with Crippen LogP contribution in [0.1, 0.15) is 187 Å². The van der Waals surface area contributed by atoms with Crippen molar-refractivity contribution in [1.29, 1.82) is 0 Å². The number of carboxylic acid groups (broad SMARTS) is 1. The van der Waals surface area contributed by atoms with Crippen molar-refractivity contribution in [2.24, 2.45) is 0 Å². The zero-order valence-corrected chi connectivity index (χ0v) is 31.9. The van der Waals surface area contributed by atoms with Gasteiger partial charge >= 0.3 is 19.8 Å². The Kier molecular flexibility index (Phi) is 32.6. The van der Waals surface area contributed by atoms with Crippen molar-refractivity contribution in [3.05, 3.63) is 0 Å². The Morgan fingerprint density at radius 1 is 0.571 bits per heavy atom. The van der Waals surface area contributed by atoms with Gasteiger partial charge in [-0.15, -0.1) is 0 Å². The molecule has 0 saturated heterocycles. The number of ether oxygens (including phenoxy) is 1. The molecule has 0 heterocycles. The molecule has 0 radical (unpaired) electrons. The average molecular weight is 722 g/mol. The van der Waals surface area contributed by atoms with Gasteiger partial charge in [-0.3, -0.25) is 18.6 Å². The highest BCUT2D eigenvalue weighted by molar-refractivity contribution is 7.47. The molecular formula is C37H72NO10P. The van der Waals surface area contributed by atoms with Crippen LogP contribution in [0.3, 0.4) is 0 Å². The van der Waals surface area contributed by atoms with Crippen molar-refractivity contribution in [1.82, 2.24) is 5.32 Å². The molecule has 0 aliphatic rings. The van der Waals surface area contributed by atoms with Gasteiger partial charge < -0.3 is 25.2 Å². The maximum absolute atomic E-state index is 12.2. The lowest BCUT2D eigenvalue weighted by atomic mass is 10.0. The summed E-state index contributed by atoms with van der Waals surface area (Å²) in [4.78, 5) is 45.7. The van der Waals surface area contributed by atoms with E-state index in [-0.39, 0.29) is 12.8 Å². The van der Waals surface area contributed by atoms with E-state index in [0.29, 0.717) is 12.8 Å². The van der Waals surface area contributed by atoms with Gasteiger partial charge in [0.2, 0.25) is 5.91 Å². The van der Waals surface area contributed by atoms with E-state index < -0.39 is 57.6 Å². The van der Waals surface area contributed by atoms with E-state index in [1.165, 1.54) is 109 Å². The molecule has 12 heteroatoms. The summed E-state index contributed by atoms with van der Waals surface area (Å²) in [6, 6.07) is -1.54. The molecule has 0 aromatic carbocycles. The minimum absolute atomic E-state index is 0.152.